The molecule has 6 heteroatoms. The Bertz CT molecular complexity index is 594. The van der Waals surface area contributed by atoms with Crippen LogP contribution in [0.1, 0.15) is 5.56 Å². The van der Waals surface area contributed by atoms with Crippen molar-refractivity contribution in [2.45, 2.75) is 6.54 Å². The van der Waals surface area contributed by atoms with Crippen molar-refractivity contribution < 1.29 is 0 Å². The highest BCUT2D eigenvalue weighted by molar-refractivity contribution is 9.10. The van der Waals surface area contributed by atoms with Crippen molar-refractivity contribution in [1.29, 1.82) is 0 Å². The van der Waals surface area contributed by atoms with E-state index in [-0.39, 0.29) is 5.56 Å². The molecule has 2 rings (SSSR count). The molecule has 0 radical (unpaired) electrons. The summed E-state index contributed by atoms with van der Waals surface area (Å²) < 4.78 is 2.44. The van der Waals surface area contributed by atoms with E-state index in [2.05, 4.69) is 26.3 Å². The van der Waals surface area contributed by atoms with Gasteiger partial charge in [-0.25, -0.2) is 4.68 Å². The molecule has 2 aromatic rings. The first-order chi connectivity index (χ1) is 9.19. The summed E-state index contributed by atoms with van der Waals surface area (Å²) in [5.74, 6) is 0. The summed E-state index contributed by atoms with van der Waals surface area (Å²) in [5.41, 5.74) is 6.98. The van der Waals surface area contributed by atoms with Crippen molar-refractivity contribution >= 4 is 21.6 Å². The van der Waals surface area contributed by atoms with E-state index in [0.29, 0.717) is 25.3 Å². The lowest BCUT2D eigenvalue weighted by atomic mass is 10.2. The summed E-state index contributed by atoms with van der Waals surface area (Å²) in [5, 5.41) is 7.16. The summed E-state index contributed by atoms with van der Waals surface area (Å²) in [6.07, 6.45) is 1.63. The van der Waals surface area contributed by atoms with Gasteiger partial charge >= 0.3 is 0 Å². The molecule has 0 saturated carbocycles. The Kier molecular flexibility index (Phi) is 4.70. The molecule has 0 amide bonds. The number of nitrogens with one attached hydrogen (secondary N) is 1. The van der Waals surface area contributed by atoms with Crippen molar-refractivity contribution in [2.75, 3.05) is 18.4 Å². The minimum absolute atomic E-state index is 0.134. The van der Waals surface area contributed by atoms with Crippen molar-refractivity contribution in [3.8, 4) is 0 Å². The second-order valence-corrected chi connectivity index (χ2v) is 5.00. The zero-order valence-corrected chi connectivity index (χ0v) is 11.9. The topological polar surface area (TPSA) is 72.9 Å². The Morgan fingerprint density at radius 3 is 2.68 bits per heavy atom. The standard InChI is InChI=1S/C13H15BrN4O/c14-11-3-1-10(2-4-11)9-18-13(19)7-12(8-17-18)16-6-5-15/h1-4,7-8,16H,5-6,9,15H2. The number of benzene rings is 1. The maximum Gasteiger partial charge on any atom is 0.269 e. The summed E-state index contributed by atoms with van der Waals surface area (Å²) in [6.45, 7) is 1.60. The largest absolute Gasteiger partial charge is 0.382 e. The van der Waals surface area contributed by atoms with E-state index in [1.807, 2.05) is 24.3 Å². The van der Waals surface area contributed by atoms with Gasteiger partial charge in [0.05, 0.1) is 18.4 Å². The molecule has 5 nitrogen and oxygen atoms in total. The van der Waals surface area contributed by atoms with Crippen molar-refractivity contribution in [3.05, 3.63) is 56.9 Å². The van der Waals surface area contributed by atoms with Crippen LogP contribution in [0, 0.1) is 0 Å². The predicted octanol–water partition coefficient (Wildman–Crippen LogP) is 1.42. The molecule has 0 bridgehead atoms. The van der Waals surface area contributed by atoms with E-state index in [4.69, 9.17) is 5.73 Å². The summed E-state index contributed by atoms with van der Waals surface area (Å²) in [6, 6.07) is 9.33. The first kappa shape index (κ1) is 13.8. The highest BCUT2D eigenvalue weighted by Crippen LogP contribution is 2.11. The van der Waals surface area contributed by atoms with E-state index < -0.39 is 0 Å². The lowest BCUT2D eigenvalue weighted by molar-refractivity contribution is 0.639. The fourth-order valence-corrected chi connectivity index (χ4v) is 1.89. The Hall–Kier alpha value is -1.66. The number of hydrogen-bond acceptors (Lipinski definition) is 4. The molecule has 19 heavy (non-hydrogen) atoms. The van der Waals surface area contributed by atoms with E-state index in [9.17, 15) is 4.79 Å². The summed E-state index contributed by atoms with van der Waals surface area (Å²) in [4.78, 5) is 11.9. The van der Waals surface area contributed by atoms with Gasteiger partial charge < -0.3 is 11.1 Å². The highest BCUT2D eigenvalue weighted by Gasteiger charge is 2.01. The predicted molar refractivity (Wildman–Crippen MR) is 79.3 cm³/mol. The smallest absolute Gasteiger partial charge is 0.269 e. The molecule has 0 atom stereocenters. The Labute approximate surface area is 119 Å². The third kappa shape index (κ3) is 3.90. The van der Waals surface area contributed by atoms with Crippen molar-refractivity contribution in [3.63, 3.8) is 0 Å². The molecule has 0 spiro atoms. The molecule has 0 unspecified atom stereocenters. The normalized spacial score (nSPS) is 10.4. The molecular weight excluding hydrogens is 308 g/mol. The van der Waals surface area contributed by atoms with Crippen LogP contribution in [0.3, 0.4) is 0 Å². The number of nitrogens with zero attached hydrogens (tertiary/aromatic N) is 2. The van der Waals surface area contributed by atoms with Gasteiger partial charge in [0.2, 0.25) is 0 Å². The molecule has 0 aliphatic carbocycles. The van der Waals surface area contributed by atoms with E-state index in [1.54, 1.807) is 6.20 Å². The monoisotopic (exact) mass is 322 g/mol. The van der Waals surface area contributed by atoms with Gasteiger partial charge in [-0.1, -0.05) is 28.1 Å². The fraction of sp³-hybridized carbons (Fsp3) is 0.231. The third-order valence-electron chi connectivity index (χ3n) is 2.59. The van der Waals surface area contributed by atoms with Crippen LogP contribution in [0.5, 0.6) is 0 Å². The van der Waals surface area contributed by atoms with Gasteiger partial charge in [-0.3, -0.25) is 4.79 Å². The average Bonchev–Trinajstić information content (AvgIpc) is 2.41. The van der Waals surface area contributed by atoms with Gasteiger partial charge in [-0.2, -0.15) is 5.10 Å². The van der Waals surface area contributed by atoms with E-state index in [1.165, 1.54) is 10.7 Å². The van der Waals surface area contributed by atoms with Gasteiger partial charge in [0.25, 0.3) is 5.56 Å². The van der Waals surface area contributed by atoms with Crippen LogP contribution in [0.25, 0.3) is 0 Å². The van der Waals surface area contributed by atoms with Crippen LogP contribution in [-0.2, 0) is 6.54 Å². The fourth-order valence-electron chi connectivity index (χ4n) is 1.63. The molecule has 0 fully saturated rings. The van der Waals surface area contributed by atoms with Gasteiger partial charge in [0.15, 0.2) is 0 Å². The van der Waals surface area contributed by atoms with Gasteiger partial charge in [-0.15, -0.1) is 0 Å². The Morgan fingerprint density at radius 2 is 2.05 bits per heavy atom. The van der Waals surface area contributed by atoms with Crippen LogP contribution in [0.2, 0.25) is 0 Å². The Balaban J connectivity index is 2.13. The SMILES string of the molecule is NCCNc1cnn(Cc2ccc(Br)cc2)c(=O)c1. The molecular formula is C13H15BrN4O. The zero-order valence-electron chi connectivity index (χ0n) is 10.3. The number of halogens is 1. The summed E-state index contributed by atoms with van der Waals surface area (Å²) in [7, 11) is 0. The lowest BCUT2D eigenvalue weighted by Crippen LogP contribution is -2.24. The molecule has 100 valence electrons. The maximum atomic E-state index is 11.9. The maximum absolute atomic E-state index is 11.9. The molecule has 3 N–H and O–H groups in total. The van der Waals surface area contributed by atoms with E-state index in [0.717, 1.165) is 10.0 Å². The lowest BCUT2D eigenvalue weighted by Gasteiger charge is -2.07. The second-order valence-electron chi connectivity index (χ2n) is 4.08. The Morgan fingerprint density at radius 1 is 1.32 bits per heavy atom. The first-order valence-corrected chi connectivity index (χ1v) is 6.74. The highest BCUT2D eigenvalue weighted by atomic mass is 79.9. The average molecular weight is 323 g/mol. The van der Waals surface area contributed by atoms with Crippen LogP contribution in [-0.4, -0.2) is 22.9 Å². The third-order valence-corrected chi connectivity index (χ3v) is 3.12. The van der Waals surface area contributed by atoms with E-state index >= 15 is 0 Å². The van der Waals surface area contributed by atoms with Gasteiger partial charge in [-0.05, 0) is 17.7 Å². The minimum atomic E-state index is -0.134. The van der Waals surface area contributed by atoms with Crippen LogP contribution >= 0.6 is 15.9 Å². The van der Waals surface area contributed by atoms with Crippen LogP contribution in [0.15, 0.2) is 45.8 Å². The number of rotatable bonds is 5. The number of anilines is 1. The minimum Gasteiger partial charge on any atom is -0.382 e. The molecule has 0 aliphatic rings. The number of hydrogen-bond donors (Lipinski definition) is 2. The molecule has 0 saturated heterocycles. The molecule has 1 heterocycles. The molecule has 0 aliphatic heterocycles. The number of aromatic nitrogens is 2. The van der Waals surface area contributed by atoms with Crippen molar-refractivity contribution in [1.82, 2.24) is 9.78 Å². The van der Waals surface area contributed by atoms with Crippen molar-refractivity contribution in [2.24, 2.45) is 5.73 Å². The zero-order chi connectivity index (χ0) is 13.7. The summed E-state index contributed by atoms with van der Waals surface area (Å²) >= 11 is 3.38. The molecule has 1 aromatic heterocycles. The van der Waals surface area contributed by atoms with Gasteiger partial charge in [0, 0.05) is 23.6 Å². The second kappa shape index (κ2) is 6.49. The molecule has 1 aromatic carbocycles. The van der Waals surface area contributed by atoms with Crippen LogP contribution < -0.4 is 16.6 Å². The quantitative estimate of drug-likeness (QED) is 0.873. The first-order valence-electron chi connectivity index (χ1n) is 5.94. The number of nitrogens with two attached hydrogens (primary N) is 1. The van der Waals surface area contributed by atoms with Gasteiger partial charge in [0.1, 0.15) is 0 Å². The van der Waals surface area contributed by atoms with Crippen LogP contribution in [0.4, 0.5) is 5.69 Å².